The fraction of sp³-hybridized carbons (Fsp3) is 0.182. The Balaban J connectivity index is 2.27. The van der Waals surface area contributed by atoms with Crippen LogP contribution in [-0.4, -0.2) is 35.2 Å². The summed E-state index contributed by atoms with van der Waals surface area (Å²) in [6, 6.07) is 5.61. The minimum Gasteiger partial charge on any atom is -0.376 e. The van der Waals surface area contributed by atoms with Gasteiger partial charge in [-0.1, -0.05) is 15.9 Å². The quantitative estimate of drug-likeness (QED) is 0.793. The Labute approximate surface area is 118 Å². The largest absolute Gasteiger partial charge is 0.376 e. The molecular weight excluding hydrogens is 312 g/mol. The summed E-state index contributed by atoms with van der Waals surface area (Å²) >= 11 is 3.37. The number of hydrogen-bond donors (Lipinski definition) is 3. The highest BCUT2D eigenvalue weighted by Gasteiger charge is 2.14. The minimum atomic E-state index is -0.398. The van der Waals surface area contributed by atoms with Crippen LogP contribution in [0.3, 0.4) is 0 Å². The molecule has 0 unspecified atom stereocenters. The highest BCUT2D eigenvalue weighted by Crippen LogP contribution is 2.28. The molecule has 0 atom stereocenters. The molecule has 0 aliphatic carbocycles. The summed E-state index contributed by atoms with van der Waals surface area (Å²) < 4.78 is 0.866. The maximum Gasteiger partial charge on any atom is 0.293 e. The van der Waals surface area contributed by atoms with Crippen molar-refractivity contribution in [3.63, 3.8) is 0 Å². The number of halogens is 1. The standard InChI is InChI=1S/C11H13BrN6O/c1-18(2)8-4-3-6(12)5-7(8)14-10(19)9-15-11(13)17-16-9/h3-5H,1-2H3,(H,14,19)(H3,13,15,16,17). The van der Waals surface area contributed by atoms with E-state index in [0.717, 1.165) is 10.2 Å². The Morgan fingerprint density at radius 1 is 1.47 bits per heavy atom. The molecule has 7 nitrogen and oxygen atoms in total. The number of anilines is 3. The van der Waals surface area contributed by atoms with E-state index in [4.69, 9.17) is 5.73 Å². The predicted octanol–water partition coefficient (Wildman–Crippen LogP) is 1.47. The summed E-state index contributed by atoms with van der Waals surface area (Å²) in [5.74, 6) is -0.292. The number of aromatic nitrogens is 3. The number of nitrogens with zero attached hydrogens (tertiary/aromatic N) is 3. The molecule has 0 bridgehead atoms. The van der Waals surface area contributed by atoms with Gasteiger partial charge in [0.1, 0.15) is 0 Å². The molecular formula is C11H13BrN6O. The van der Waals surface area contributed by atoms with E-state index in [1.54, 1.807) is 0 Å². The number of nitrogens with two attached hydrogens (primary N) is 1. The van der Waals surface area contributed by atoms with Gasteiger partial charge in [-0.3, -0.25) is 9.89 Å². The van der Waals surface area contributed by atoms with E-state index in [1.165, 1.54) is 0 Å². The van der Waals surface area contributed by atoms with Crippen molar-refractivity contribution in [3.05, 3.63) is 28.5 Å². The van der Waals surface area contributed by atoms with Crippen LogP contribution < -0.4 is 16.0 Å². The van der Waals surface area contributed by atoms with Crippen LogP contribution in [-0.2, 0) is 0 Å². The lowest BCUT2D eigenvalue weighted by atomic mass is 10.2. The fourth-order valence-electron chi connectivity index (χ4n) is 1.56. The van der Waals surface area contributed by atoms with Crippen molar-refractivity contribution < 1.29 is 4.79 Å². The molecule has 2 rings (SSSR count). The van der Waals surface area contributed by atoms with Gasteiger partial charge in [-0.2, -0.15) is 4.98 Å². The summed E-state index contributed by atoms with van der Waals surface area (Å²) in [7, 11) is 3.79. The summed E-state index contributed by atoms with van der Waals surface area (Å²) in [6.07, 6.45) is 0. The van der Waals surface area contributed by atoms with Crippen LogP contribution in [0.1, 0.15) is 10.6 Å². The van der Waals surface area contributed by atoms with Gasteiger partial charge in [-0.25, -0.2) is 0 Å². The SMILES string of the molecule is CN(C)c1ccc(Br)cc1NC(=O)c1nc(N)n[nH]1. The third-order valence-electron chi connectivity index (χ3n) is 2.41. The Morgan fingerprint density at radius 2 is 2.21 bits per heavy atom. The van der Waals surface area contributed by atoms with E-state index in [0.29, 0.717) is 5.69 Å². The van der Waals surface area contributed by atoms with Gasteiger partial charge in [0.05, 0.1) is 11.4 Å². The highest BCUT2D eigenvalue weighted by atomic mass is 79.9. The molecule has 0 aliphatic heterocycles. The number of benzene rings is 1. The molecule has 4 N–H and O–H groups in total. The van der Waals surface area contributed by atoms with Gasteiger partial charge in [0.15, 0.2) is 0 Å². The molecule has 0 aliphatic rings. The van der Waals surface area contributed by atoms with Crippen molar-refractivity contribution in [1.82, 2.24) is 15.2 Å². The maximum absolute atomic E-state index is 12.0. The third-order valence-corrected chi connectivity index (χ3v) is 2.90. The Hall–Kier alpha value is -2.09. The van der Waals surface area contributed by atoms with Gasteiger partial charge < -0.3 is 16.0 Å². The predicted molar refractivity (Wildman–Crippen MR) is 77.2 cm³/mol. The summed E-state index contributed by atoms with van der Waals surface area (Å²) in [5, 5.41) is 8.84. The third kappa shape index (κ3) is 3.02. The van der Waals surface area contributed by atoms with Crippen molar-refractivity contribution >= 4 is 39.2 Å². The topological polar surface area (TPSA) is 99.9 Å². The molecule has 0 saturated heterocycles. The zero-order valence-corrected chi connectivity index (χ0v) is 12.0. The van der Waals surface area contributed by atoms with Crippen LogP contribution in [0.4, 0.5) is 17.3 Å². The first-order valence-corrected chi connectivity index (χ1v) is 6.23. The van der Waals surface area contributed by atoms with E-state index >= 15 is 0 Å². The summed E-state index contributed by atoms with van der Waals surface area (Å²) in [5.41, 5.74) is 6.91. The zero-order valence-electron chi connectivity index (χ0n) is 10.4. The van der Waals surface area contributed by atoms with Gasteiger partial charge in [0.2, 0.25) is 11.8 Å². The maximum atomic E-state index is 12.0. The first-order valence-electron chi connectivity index (χ1n) is 5.43. The molecule has 1 amide bonds. The number of nitrogens with one attached hydrogen (secondary N) is 2. The van der Waals surface area contributed by atoms with E-state index < -0.39 is 5.91 Å². The van der Waals surface area contributed by atoms with Crippen molar-refractivity contribution in [2.24, 2.45) is 0 Å². The highest BCUT2D eigenvalue weighted by molar-refractivity contribution is 9.10. The number of carbonyl (C=O) groups is 1. The number of hydrogen-bond acceptors (Lipinski definition) is 5. The van der Waals surface area contributed by atoms with E-state index in [9.17, 15) is 4.79 Å². The lowest BCUT2D eigenvalue weighted by Gasteiger charge is -2.17. The normalized spacial score (nSPS) is 10.3. The van der Waals surface area contributed by atoms with Gasteiger partial charge in [-0.05, 0) is 18.2 Å². The van der Waals surface area contributed by atoms with Gasteiger partial charge in [-0.15, -0.1) is 5.10 Å². The molecule has 0 saturated carbocycles. The monoisotopic (exact) mass is 324 g/mol. The van der Waals surface area contributed by atoms with Crippen LogP contribution in [0, 0.1) is 0 Å². The van der Waals surface area contributed by atoms with Crippen LogP contribution in [0.2, 0.25) is 0 Å². The Morgan fingerprint density at radius 3 is 2.79 bits per heavy atom. The zero-order chi connectivity index (χ0) is 14.0. The molecule has 19 heavy (non-hydrogen) atoms. The number of carbonyl (C=O) groups excluding carboxylic acids is 1. The number of aromatic amines is 1. The smallest absolute Gasteiger partial charge is 0.293 e. The van der Waals surface area contributed by atoms with Crippen LogP contribution in [0.5, 0.6) is 0 Å². The van der Waals surface area contributed by atoms with Gasteiger partial charge in [0.25, 0.3) is 5.91 Å². The lowest BCUT2D eigenvalue weighted by Crippen LogP contribution is -2.17. The molecule has 0 spiro atoms. The van der Waals surface area contributed by atoms with E-state index in [2.05, 4.69) is 36.4 Å². The average Bonchev–Trinajstić information content (AvgIpc) is 2.75. The Bertz CT molecular complexity index is 609. The van der Waals surface area contributed by atoms with Gasteiger partial charge >= 0.3 is 0 Å². The van der Waals surface area contributed by atoms with E-state index in [1.807, 2.05) is 37.2 Å². The number of nitrogen functional groups attached to an aromatic ring is 1. The number of H-pyrrole nitrogens is 1. The molecule has 100 valence electrons. The fourth-order valence-corrected chi connectivity index (χ4v) is 1.92. The van der Waals surface area contributed by atoms with Crippen LogP contribution >= 0.6 is 15.9 Å². The van der Waals surface area contributed by atoms with Crippen molar-refractivity contribution in [1.29, 1.82) is 0 Å². The van der Waals surface area contributed by atoms with Gasteiger partial charge in [0, 0.05) is 18.6 Å². The molecule has 1 aromatic carbocycles. The second-order valence-electron chi connectivity index (χ2n) is 4.05. The van der Waals surface area contributed by atoms with Crippen LogP contribution in [0.25, 0.3) is 0 Å². The second-order valence-corrected chi connectivity index (χ2v) is 4.97. The van der Waals surface area contributed by atoms with Crippen molar-refractivity contribution in [2.45, 2.75) is 0 Å². The molecule has 1 heterocycles. The second kappa shape index (κ2) is 5.27. The molecule has 0 radical (unpaired) electrons. The number of rotatable bonds is 3. The van der Waals surface area contributed by atoms with Crippen LogP contribution in [0.15, 0.2) is 22.7 Å². The minimum absolute atomic E-state index is 0.0345. The molecule has 2 aromatic rings. The van der Waals surface area contributed by atoms with Crippen molar-refractivity contribution in [2.75, 3.05) is 30.0 Å². The Kier molecular flexibility index (Phi) is 3.70. The lowest BCUT2D eigenvalue weighted by molar-refractivity contribution is 0.101. The number of amides is 1. The summed E-state index contributed by atoms with van der Waals surface area (Å²) in [6.45, 7) is 0. The van der Waals surface area contributed by atoms with E-state index in [-0.39, 0.29) is 11.8 Å². The van der Waals surface area contributed by atoms with Crippen molar-refractivity contribution in [3.8, 4) is 0 Å². The first-order chi connectivity index (χ1) is 8.97. The molecule has 0 fully saturated rings. The first kappa shape index (κ1) is 13.3. The average molecular weight is 325 g/mol. The summed E-state index contributed by atoms with van der Waals surface area (Å²) in [4.78, 5) is 17.7. The molecule has 1 aromatic heterocycles. The molecule has 8 heteroatoms.